The van der Waals surface area contributed by atoms with E-state index in [1.165, 1.54) is 12.8 Å². The first kappa shape index (κ1) is 24.8. The van der Waals surface area contributed by atoms with E-state index in [1.54, 1.807) is 0 Å². The fourth-order valence-electron chi connectivity index (χ4n) is 5.24. The number of rotatable bonds is 10. The number of carbonyl (C=O) groups is 2. The van der Waals surface area contributed by atoms with Crippen LogP contribution in [0.15, 0.2) is 72.8 Å². The van der Waals surface area contributed by atoms with Crippen LogP contribution in [0.5, 0.6) is 5.75 Å². The highest BCUT2D eigenvalue weighted by Gasteiger charge is 2.29. The van der Waals surface area contributed by atoms with Crippen LogP contribution in [0.4, 0.5) is 4.79 Å². The molecule has 1 aliphatic heterocycles. The van der Waals surface area contributed by atoms with Gasteiger partial charge in [0.05, 0.1) is 0 Å². The molecule has 1 heterocycles. The van der Waals surface area contributed by atoms with Crippen LogP contribution in [0.2, 0.25) is 0 Å². The van der Waals surface area contributed by atoms with Gasteiger partial charge in [0, 0.05) is 18.9 Å². The second-order valence-electron chi connectivity index (χ2n) is 9.61. The van der Waals surface area contributed by atoms with Crippen molar-refractivity contribution < 1.29 is 24.2 Å². The number of carboxylic acids is 1. The number of ether oxygens (including phenoxy) is 2. The smallest absolute Gasteiger partial charge is 0.407 e. The predicted molar refractivity (Wildman–Crippen MR) is 141 cm³/mol. The Morgan fingerprint density at radius 3 is 2.16 bits per heavy atom. The Labute approximate surface area is 217 Å². The lowest BCUT2D eigenvalue weighted by molar-refractivity contribution is -0.139. The van der Waals surface area contributed by atoms with Gasteiger partial charge in [0.1, 0.15) is 25.0 Å². The zero-order valence-electron chi connectivity index (χ0n) is 20.8. The molecular weight excluding hydrogens is 468 g/mol. The Bertz CT molecular complexity index is 1190. The predicted octanol–water partition coefficient (Wildman–Crippen LogP) is 4.70. The molecule has 3 aromatic rings. The number of carboxylic acid groups (broad SMARTS) is 1. The van der Waals surface area contributed by atoms with E-state index >= 15 is 0 Å². The van der Waals surface area contributed by atoms with Crippen molar-refractivity contribution in [2.45, 2.75) is 31.2 Å². The molecule has 192 valence electrons. The number of carbonyl (C=O) groups excluding carboxylic acids is 1. The summed E-state index contributed by atoms with van der Waals surface area (Å²) >= 11 is 0. The van der Waals surface area contributed by atoms with E-state index in [0.717, 1.165) is 53.2 Å². The van der Waals surface area contributed by atoms with Crippen molar-refractivity contribution in [2.75, 3.05) is 32.8 Å². The van der Waals surface area contributed by atoms with Crippen LogP contribution in [0, 0.1) is 0 Å². The second-order valence-corrected chi connectivity index (χ2v) is 9.61. The molecule has 3 aromatic carbocycles. The van der Waals surface area contributed by atoms with Crippen molar-refractivity contribution in [2.24, 2.45) is 0 Å². The first-order chi connectivity index (χ1) is 18.1. The summed E-state index contributed by atoms with van der Waals surface area (Å²) in [4.78, 5) is 26.8. The lowest BCUT2D eigenvalue weighted by Crippen LogP contribution is -2.42. The van der Waals surface area contributed by atoms with Gasteiger partial charge >= 0.3 is 12.1 Å². The van der Waals surface area contributed by atoms with Crippen molar-refractivity contribution in [1.29, 1.82) is 0 Å². The number of hydrogen-bond donors (Lipinski definition) is 2. The summed E-state index contributed by atoms with van der Waals surface area (Å²) in [6.07, 6.45) is 1.91. The van der Waals surface area contributed by atoms with Gasteiger partial charge < -0.3 is 19.9 Å². The summed E-state index contributed by atoms with van der Waals surface area (Å²) in [6, 6.07) is 22.4. The van der Waals surface area contributed by atoms with E-state index in [4.69, 9.17) is 9.47 Å². The van der Waals surface area contributed by atoms with Gasteiger partial charge in [0.25, 0.3) is 0 Å². The molecule has 0 spiro atoms. The molecule has 37 heavy (non-hydrogen) atoms. The monoisotopic (exact) mass is 500 g/mol. The Morgan fingerprint density at radius 1 is 0.919 bits per heavy atom. The second kappa shape index (κ2) is 11.5. The largest absolute Gasteiger partial charge is 0.492 e. The van der Waals surface area contributed by atoms with E-state index in [0.29, 0.717) is 6.61 Å². The van der Waals surface area contributed by atoms with Crippen molar-refractivity contribution in [3.8, 4) is 16.9 Å². The summed E-state index contributed by atoms with van der Waals surface area (Å²) in [7, 11) is 0. The third-order valence-corrected chi connectivity index (χ3v) is 7.17. The number of nitrogens with zero attached hydrogens (tertiary/aromatic N) is 1. The quantitative estimate of drug-likeness (QED) is 0.420. The minimum Gasteiger partial charge on any atom is -0.492 e. The van der Waals surface area contributed by atoms with Gasteiger partial charge in [-0.3, -0.25) is 4.90 Å². The highest BCUT2D eigenvalue weighted by molar-refractivity contribution is 5.81. The van der Waals surface area contributed by atoms with Gasteiger partial charge in [0.2, 0.25) is 0 Å². The minimum atomic E-state index is -1.11. The molecule has 0 aromatic heterocycles. The average molecular weight is 501 g/mol. The average Bonchev–Trinajstić information content (AvgIpc) is 3.54. The topological polar surface area (TPSA) is 88.1 Å². The lowest BCUT2D eigenvalue weighted by atomic mass is 9.98. The molecule has 5 rings (SSSR count). The summed E-state index contributed by atoms with van der Waals surface area (Å²) in [5.74, 6) is -0.446. The fourth-order valence-corrected chi connectivity index (χ4v) is 5.24. The molecule has 7 heteroatoms. The van der Waals surface area contributed by atoms with Crippen molar-refractivity contribution in [3.63, 3.8) is 0 Å². The van der Waals surface area contributed by atoms with Gasteiger partial charge in [-0.15, -0.1) is 0 Å². The molecule has 1 amide bonds. The number of aliphatic carboxylic acids is 1. The normalized spacial score (nSPS) is 15.6. The highest BCUT2D eigenvalue weighted by Crippen LogP contribution is 2.44. The van der Waals surface area contributed by atoms with Crippen LogP contribution in [0.3, 0.4) is 0 Å². The maximum absolute atomic E-state index is 12.6. The summed E-state index contributed by atoms with van der Waals surface area (Å²) < 4.78 is 11.3. The molecule has 1 atom stereocenters. The molecule has 0 saturated carbocycles. The number of alkyl carbamates (subject to hydrolysis) is 1. The third-order valence-electron chi connectivity index (χ3n) is 7.17. The van der Waals surface area contributed by atoms with Crippen molar-refractivity contribution >= 4 is 12.1 Å². The number of amides is 1. The molecule has 2 aliphatic rings. The Balaban J connectivity index is 1.14. The van der Waals surface area contributed by atoms with Crippen LogP contribution in [0.1, 0.15) is 35.4 Å². The van der Waals surface area contributed by atoms with E-state index in [2.05, 4.69) is 22.3 Å². The summed E-state index contributed by atoms with van der Waals surface area (Å²) in [6.45, 7) is 3.94. The van der Waals surface area contributed by atoms with E-state index in [9.17, 15) is 14.7 Å². The first-order valence-electron chi connectivity index (χ1n) is 12.9. The van der Waals surface area contributed by atoms with Crippen molar-refractivity contribution in [1.82, 2.24) is 10.2 Å². The zero-order valence-corrected chi connectivity index (χ0v) is 20.8. The standard InChI is InChI=1S/C30H32N2O5/c33-29(34)28(19-21-11-13-22(14-12-21)36-18-17-32-15-5-6-16-32)31-30(35)37-20-27-25-9-3-1-7-23(25)24-8-2-4-10-26(24)27/h1-4,7-14,27-28H,5-6,15-20H2,(H,31,35)(H,33,34)/t28-/m0/s1. The van der Waals surface area contributed by atoms with E-state index < -0.39 is 18.1 Å². The molecule has 0 bridgehead atoms. The lowest BCUT2D eigenvalue weighted by Gasteiger charge is -2.18. The van der Waals surface area contributed by atoms with Gasteiger partial charge in [-0.2, -0.15) is 0 Å². The van der Waals surface area contributed by atoms with Crippen molar-refractivity contribution in [3.05, 3.63) is 89.5 Å². The summed E-state index contributed by atoms with van der Waals surface area (Å²) in [5.41, 5.74) is 5.28. The summed E-state index contributed by atoms with van der Waals surface area (Å²) in [5, 5.41) is 12.2. The van der Waals surface area contributed by atoms with Crippen LogP contribution >= 0.6 is 0 Å². The Morgan fingerprint density at radius 2 is 1.54 bits per heavy atom. The minimum absolute atomic E-state index is 0.0839. The highest BCUT2D eigenvalue weighted by atomic mass is 16.5. The molecule has 1 saturated heterocycles. The Kier molecular flexibility index (Phi) is 7.70. The van der Waals surface area contributed by atoms with Crippen LogP contribution in [-0.2, 0) is 16.0 Å². The number of fused-ring (bicyclic) bond motifs is 3. The van der Waals surface area contributed by atoms with E-state index in [1.807, 2.05) is 60.7 Å². The maximum Gasteiger partial charge on any atom is 0.407 e. The molecule has 0 radical (unpaired) electrons. The van der Waals surface area contributed by atoms with Gasteiger partial charge in [-0.25, -0.2) is 9.59 Å². The molecular formula is C30H32N2O5. The Hall–Kier alpha value is -3.84. The fraction of sp³-hybridized carbons (Fsp3) is 0.333. The molecule has 2 N–H and O–H groups in total. The first-order valence-corrected chi connectivity index (χ1v) is 12.9. The zero-order chi connectivity index (χ0) is 25.6. The molecule has 1 aliphatic carbocycles. The molecule has 0 unspecified atom stereocenters. The number of nitrogens with one attached hydrogen (secondary N) is 1. The van der Waals surface area contributed by atoms with Crippen LogP contribution < -0.4 is 10.1 Å². The molecule has 7 nitrogen and oxygen atoms in total. The third kappa shape index (κ3) is 5.94. The van der Waals surface area contributed by atoms with Gasteiger partial charge in [-0.05, 0) is 65.9 Å². The number of likely N-dealkylation sites (tertiary alicyclic amines) is 1. The van der Waals surface area contributed by atoms with Crippen LogP contribution in [0.25, 0.3) is 11.1 Å². The number of benzene rings is 3. The maximum atomic E-state index is 12.6. The van der Waals surface area contributed by atoms with E-state index in [-0.39, 0.29) is 18.9 Å². The number of hydrogen-bond acceptors (Lipinski definition) is 5. The SMILES string of the molecule is O=C(N[C@@H](Cc1ccc(OCCN2CCCC2)cc1)C(=O)O)OCC1c2ccccc2-c2ccccc21. The van der Waals surface area contributed by atoms with Gasteiger partial charge in [-0.1, -0.05) is 60.7 Å². The molecule has 1 fully saturated rings. The van der Waals surface area contributed by atoms with Gasteiger partial charge in [0.15, 0.2) is 0 Å². The van der Waals surface area contributed by atoms with Crippen LogP contribution in [-0.4, -0.2) is 61.0 Å².